The fourth-order valence-electron chi connectivity index (χ4n) is 4.26. The van der Waals surface area contributed by atoms with Crippen molar-refractivity contribution >= 4 is 16.9 Å². The van der Waals surface area contributed by atoms with Gasteiger partial charge in [-0.2, -0.15) is 0 Å². The summed E-state index contributed by atoms with van der Waals surface area (Å²) >= 11 is 0. The number of methoxy groups -OCH3 is 1. The quantitative estimate of drug-likeness (QED) is 0.787. The van der Waals surface area contributed by atoms with Gasteiger partial charge in [0.05, 0.1) is 12.1 Å². The summed E-state index contributed by atoms with van der Waals surface area (Å²) in [6.45, 7) is 7.19. The van der Waals surface area contributed by atoms with Crippen LogP contribution in [0.3, 0.4) is 0 Å². The van der Waals surface area contributed by atoms with Gasteiger partial charge >= 0.3 is 0 Å². The fourth-order valence-corrected chi connectivity index (χ4v) is 4.26. The van der Waals surface area contributed by atoms with Crippen molar-refractivity contribution in [2.75, 3.05) is 57.9 Å². The van der Waals surface area contributed by atoms with E-state index in [0.29, 0.717) is 17.5 Å². The lowest BCUT2D eigenvalue weighted by atomic mass is 10.0. The van der Waals surface area contributed by atoms with Crippen LogP contribution in [0.2, 0.25) is 0 Å². The molecule has 7 heteroatoms. The number of halogens is 1. The third kappa shape index (κ3) is 4.77. The summed E-state index contributed by atoms with van der Waals surface area (Å²) in [5, 5.41) is 4.65. The van der Waals surface area contributed by atoms with Crippen molar-refractivity contribution in [2.24, 2.45) is 5.92 Å². The third-order valence-electron chi connectivity index (χ3n) is 5.99. The summed E-state index contributed by atoms with van der Waals surface area (Å²) in [6.07, 6.45) is 5.24. The molecule has 2 aliphatic heterocycles. The molecule has 152 valence electrons. The highest BCUT2D eigenvalue weighted by molar-refractivity contribution is 5.78. The molecule has 2 aromatic rings. The fraction of sp³-hybridized carbons (Fsp3) is 0.619. The summed E-state index contributed by atoms with van der Waals surface area (Å²) in [5.74, 6) is 1.20. The number of hydrogen-bond acceptors (Lipinski definition) is 6. The zero-order chi connectivity index (χ0) is 19.3. The number of nitrogens with one attached hydrogen (secondary N) is 1. The molecule has 1 atom stereocenters. The molecule has 0 spiro atoms. The number of hydrogen-bond donors (Lipinski definition) is 1. The minimum absolute atomic E-state index is 0.257. The molecule has 0 radical (unpaired) electrons. The highest BCUT2D eigenvalue weighted by atomic mass is 19.1. The minimum atomic E-state index is -0.257. The minimum Gasteiger partial charge on any atom is -0.383 e. The zero-order valence-electron chi connectivity index (χ0n) is 16.6. The highest BCUT2D eigenvalue weighted by Crippen LogP contribution is 2.21. The van der Waals surface area contributed by atoms with Crippen LogP contribution in [0.1, 0.15) is 19.3 Å². The SMILES string of the molecule is COCCN1CC[C@H](CNC2CCN(c3ncc4ccc(F)cc4n3)CC2)C1. The number of likely N-dealkylation sites (tertiary alicyclic amines) is 1. The molecule has 28 heavy (non-hydrogen) atoms. The van der Waals surface area contributed by atoms with Gasteiger partial charge in [0, 0.05) is 57.0 Å². The summed E-state index contributed by atoms with van der Waals surface area (Å²) in [6, 6.07) is 5.21. The van der Waals surface area contributed by atoms with Crippen molar-refractivity contribution in [3.63, 3.8) is 0 Å². The first kappa shape index (κ1) is 19.5. The van der Waals surface area contributed by atoms with E-state index < -0.39 is 0 Å². The van der Waals surface area contributed by atoms with E-state index in [1.165, 1.54) is 31.6 Å². The van der Waals surface area contributed by atoms with Crippen molar-refractivity contribution in [1.29, 1.82) is 0 Å². The average Bonchev–Trinajstić information content (AvgIpc) is 3.18. The Balaban J connectivity index is 1.24. The molecular formula is C21H30FN5O. The van der Waals surface area contributed by atoms with E-state index >= 15 is 0 Å². The summed E-state index contributed by atoms with van der Waals surface area (Å²) in [7, 11) is 1.77. The van der Waals surface area contributed by atoms with E-state index in [4.69, 9.17) is 4.74 Å². The van der Waals surface area contributed by atoms with Gasteiger partial charge in [0.1, 0.15) is 5.82 Å². The van der Waals surface area contributed by atoms with Crippen LogP contribution in [0.4, 0.5) is 10.3 Å². The average molecular weight is 388 g/mol. The molecule has 0 unspecified atom stereocenters. The Morgan fingerprint density at radius 1 is 1.21 bits per heavy atom. The van der Waals surface area contributed by atoms with E-state index in [0.717, 1.165) is 56.9 Å². The van der Waals surface area contributed by atoms with Crippen LogP contribution in [-0.4, -0.2) is 73.9 Å². The number of fused-ring (bicyclic) bond motifs is 1. The Morgan fingerprint density at radius 3 is 2.89 bits per heavy atom. The first-order chi connectivity index (χ1) is 13.7. The molecule has 3 heterocycles. The second-order valence-electron chi connectivity index (χ2n) is 7.99. The Kier molecular flexibility index (Phi) is 6.34. The molecule has 2 saturated heterocycles. The van der Waals surface area contributed by atoms with Gasteiger partial charge in [-0.05, 0) is 50.4 Å². The summed E-state index contributed by atoms with van der Waals surface area (Å²) in [5.41, 5.74) is 0.671. The van der Waals surface area contributed by atoms with Gasteiger partial charge in [0.15, 0.2) is 0 Å². The van der Waals surface area contributed by atoms with Crippen molar-refractivity contribution in [3.05, 3.63) is 30.2 Å². The number of aromatic nitrogens is 2. The van der Waals surface area contributed by atoms with Gasteiger partial charge in [0.25, 0.3) is 0 Å². The van der Waals surface area contributed by atoms with E-state index in [2.05, 4.69) is 25.1 Å². The normalized spacial score (nSPS) is 21.6. The lowest BCUT2D eigenvalue weighted by Crippen LogP contribution is -2.44. The zero-order valence-corrected chi connectivity index (χ0v) is 16.6. The second-order valence-corrected chi connectivity index (χ2v) is 7.99. The summed E-state index contributed by atoms with van der Waals surface area (Å²) in [4.78, 5) is 13.8. The molecule has 1 aromatic carbocycles. The molecule has 1 N–H and O–H groups in total. The molecule has 0 aliphatic carbocycles. The number of ether oxygens (including phenoxy) is 1. The lowest BCUT2D eigenvalue weighted by molar-refractivity contribution is 0.158. The summed E-state index contributed by atoms with van der Waals surface area (Å²) < 4.78 is 18.6. The maximum atomic E-state index is 13.5. The van der Waals surface area contributed by atoms with Gasteiger partial charge in [-0.25, -0.2) is 14.4 Å². The van der Waals surface area contributed by atoms with Crippen LogP contribution in [0.5, 0.6) is 0 Å². The number of benzene rings is 1. The van der Waals surface area contributed by atoms with Crippen LogP contribution in [0.15, 0.2) is 24.4 Å². The molecule has 2 aliphatic rings. The van der Waals surface area contributed by atoms with Gasteiger partial charge in [-0.3, -0.25) is 0 Å². The maximum Gasteiger partial charge on any atom is 0.225 e. The molecule has 0 bridgehead atoms. The van der Waals surface area contributed by atoms with Crippen LogP contribution < -0.4 is 10.2 Å². The van der Waals surface area contributed by atoms with Crippen LogP contribution in [0.25, 0.3) is 10.9 Å². The highest BCUT2D eigenvalue weighted by Gasteiger charge is 2.25. The maximum absolute atomic E-state index is 13.5. The Morgan fingerprint density at radius 2 is 2.07 bits per heavy atom. The molecule has 1 aromatic heterocycles. The standard InChI is InChI=1S/C21H30FN5O/c1-28-11-10-26-7-4-16(15-26)13-23-19-5-8-27(9-6-19)21-24-14-17-2-3-18(22)12-20(17)25-21/h2-3,12,14,16,19,23H,4-11,13,15H2,1H3/t16-/m1/s1. The first-order valence-electron chi connectivity index (χ1n) is 10.3. The molecule has 0 amide bonds. The van der Waals surface area contributed by atoms with Crippen molar-refractivity contribution in [1.82, 2.24) is 20.2 Å². The van der Waals surface area contributed by atoms with E-state index in [1.807, 2.05) is 0 Å². The number of anilines is 1. The molecule has 6 nitrogen and oxygen atoms in total. The van der Waals surface area contributed by atoms with Crippen LogP contribution >= 0.6 is 0 Å². The van der Waals surface area contributed by atoms with E-state index in [9.17, 15) is 4.39 Å². The van der Waals surface area contributed by atoms with Crippen molar-refractivity contribution in [3.8, 4) is 0 Å². The number of nitrogens with zero attached hydrogens (tertiary/aromatic N) is 4. The molecular weight excluding hydrogens is 357 g/mol. The molecule has 4 rings (SSSR count). The Bertz CT molecular complexity index is 780. The first-order valence-corrected chi connectivity index (χ1v) is 10.3. The smallest absolute Gasteiger partial charge is 0.225 e. The van der Waals surface area contributed by atoms with E-state index in [-0.39, 0.29) is 5.82 Å². The topological polar surface area (TPSA) is 53.5 Å². The predicted molar refractivity (Wildman–Crippen MR) is 109 cm³/mol. The monoisotopic (exact) mass is 387 g/mol. The molecule has 2 fully saturated rings. The number of rotatable bonds is 7. The largest absolute Gasteiger partial charge is 0.383 e. The van der Waals surface area contributed by atoms with Crippen molar-refractivity contribution < 1.29 is 9.13 Å². The van der Waals surface area contributed by atoms with Crippen LogP contribution in [0, 0.1) is 11.7 Å². The van der Waals surface area contributed by atoms with Gasteiger partial charge in [0.2, 0.25) is 5.95 Å². The van der Waals surface area contributed by atoms with Crippen molar-refractivity contribution in [2.45, 2.75) is 25.3 Å². The van der Waals surface area contributed by atoms with Gasteiger partial charge in [-0.1, -0.05) is 0 Å². The van der Waals surface area contributed by atoms with Gasteiger partial charge < -0.3 is 19.9 Å². The third-order valence-corrected chi connectivity index (χ3v) is 5.99. The van der Waals surface area contributed by atoms with E-state index in [1.54, 1.807) is 19.4 Å². The Labute approximate surface area is 166 Å². The Hall–Kier alpha value is -1.83. The lowest BCUT2D eigenvalue weighted by Gasteiger charge is -2.33. The second kappa shape index (κ2) is 9.11. The van der Waals surface area contributed by atoms with Gasteiger partial charge in [-0.15, -0.1) is 0 Å². The van der Waals surface area contributed by atoms with Crippen LogP contribution in [-0.2, 0) is 4.74 Å². The predicted octanol–water partition coefficient (Wildman–Crippen LogP) is 2.30. The number of piperidine rings is 1. The molecule has 0 saturated carbocycles.